The second-order valence-corrected chi connectivity index (χ2v) is 9.92. The van der Waals surface area contributed by atoms with Gasteiger partial charge in [-0.1, -0.05) is 5.16 Å². The normalized spacial score (nSPS) is 20.8. The summed E-state index contributed by atoms with van der Waals surface area (Å²) in [6.07, 6.45) is 1.68. The Morgan fingerprint density at radius 1 is 1.24 bits per heavy atom. The molecule has 1 amide bonds. The van der Waals surface area contributed by atoms with E-state index in [1.807, 2.05) is 56.9 Å². The number of carbonyl (C=O) groups excluding carboxylic acids is 1. The van der Waals surface area contributed by atoms with E-state index in [4.69, 9.17) is 18.7 Å². The van der Waals surface area contributed by atoms with Gasteiger partial charge in [0.15, 0.2) is 0 Å². The first-order chi connectivity index (χ1) is 16.3. The molecule has 0 bridgehead atoms. The van der Waals surface area contributed by atoms with Crippen LogP contribution in [-0.4, -0.2) is 78.6 Å². The fraction of sp³-hybridized carbons (Fsp3) is 0.615. The molecule has 8 nitrogen and oxygen atoms in total. The number of aryl methyl sites for hydroxylation is 2. The number of rotatable bonds is 7. The zero-order valence-corrected chi connectivity index (χ0v) is 21.0. The first-order valence-corrected chi connectivity index (χ1v) is 12.1. The van der Waals surface area contributed by atoms with Crippen molar-refractivity contribution in [2.75, 3.05) is 39.9 Å². The highest BCUT2D eigenvalue weighted by atomic mass is 16.5. The zero-order chi connectivity index (χ0) is 24.3. The van der Waals surface area contributed by atoms with Crippen molar-refractivity contribution in [2.24, 2.45) is 0 Å². The van der Waals surface area contributed by atoms with Crippen molar-refractivity contribution in [3.63, 3.8) is 0 Å². The molecule has 0 saturated carbocycles. The largest absolute Gasteiger partial charge is 0.491 e. The van der Waals surface area contributed by atoms with Crippen molar-refractivity contribution in [3.8, 4) is 5.75 Å². The van der Waals surface area contributed by atoms with E-state index < -0.39 is 0 Å². The first kappa shape index (κ1) is 24.7. The Hall–Kier alpha value is -2.42. The first-order valence-electron chi connectivity index (χ1n) is 12.1. The second kappa shape index (κ2) is 10.5. The third kappa shape index (κ3) is 5.79. The van der Waals surface area contributed by atoms with Crippen LogP contribution in [0, 0.1) is 13.8 Å². The van der Waals surface area contributed by atoms with Crippen molar-refractivity contribution in [1.29, 1.82) is 0 Å². The molecule has 1 spiro atoms. The van der Waals surface area contributed by atoms with Gasteiger partial charge in [0.05, 0.1) is 30.1 Å². The summed E-state index contributed by atoms with van der Waals surface area (Å²) in [5, 5.41) is 4.16. The molecule has 4 rings (SSSR count). The van der Waals surface area contributed by atoms with Crippen LogP contribution in [-0.2, 0) is 16.0 Å². The number of ether oxygens (including phenoxy) is 3. The number of morpholine rings is 1. The monoisotopic (exact) mass is 471 g/mol. The van der Waals surface area contributed by atoms with Gasteiger partial charge < -0.3 is 23.6 Å². The van der Waals surface area contributed by atoms with Crippen LogP contribution in [0.25, 0.3) is 0 Å². The molecule has 34 heavy (non-hydrogen) atoms. The summed E-state index contributed by atoms with van der Waals surface area (Å²) in [5.41, 5.74) is 2.32. The van der Waals surface area contributed by atoms with E-state index in [9.17, 15) is 4.79 Å². The van der Waals surface area contributed by atoms with Crippen LogP contribution in [0.5, 0.6) is 5.75 Å². The van der Waals surface area contributed by atoms with Gasteiger partial charge in [-0.15, -0.1) is 0 Å². The summed E-state index contributed by atoms with van der Waals surface area (Å²) in [6.45, 7) is 12.1. The number of aromatic nitrogens is 1. The number of hydrogen-bond donors (Lipinski definition) is 0. The van der Waals surface area contributed by atoms with Gasteiger partial charge in [0.2, 0.25) is 0 Å². The van der Waals surface area contributed by atoms with Crippen molar-refractivity contribution < 1.29 is 23.5 Å². The lowest BCUT2D eigenvalue weighted by molar-refractivity contribution is -0.187. The Bertz CT molecular complexity index is 981. The van der Waals surface area contributed by atoms with E-state index in [1.165, 1.54) is 0 Å². The highest BCUT2D eigenvalue weighted by molar-refractivity contribution is 5.94. The molecule has 2 aliphatic rings. The van der Waals surface area contributed by atoms with Gasteiger partial charge in [0.25, 0.3) is 5.91 Å². The Kier molecular flexibility index (Phi) is 7.60. The van der Waals surface area contributed by atoms with E-state index in [2.05, 4.69) is 10.1 Å². The molecule has 1 atom stereocenters. The molecule has 0 N–H and O–H groups in total. The quantitative estimate of drug-likeness (QED) is 0.611. The highest BCUT2D eigenvalue weighted by Crippen LogP contribution is 2.34. The highest BCUT2D eigenvalue weighted by Gasteiger charge is 2.44. The zero-order valence-electron chi connectivity index (χ0n) is 21.0. The van der Waals surface area contributed by atoms with Crippen LogP contribution >= 0.6 is 0 Å². The van der Waals surface area contributed by atoms with Crippen molar-refractivity contribution >= 4 is 5.91 Å². The van der Waals surface area contributed by atoms with Crippen LogP contribution in [0.1, 0.15) is 54.1 Å². The lowest BCUT2D eigenvalue weighted by atomic mass is 9.88. The fourth-order valence-corrected chi connectivity index (χ4v) is 5.05. The number of likely N-dealkylation sites (tertiary alicyclic amines) is 1. The van der Waals surface area contributed by atoms with Gasteiger partial charge in [0, 0.05) is 51.5 Å². The average molecular weight is 472 g/mol. The Morgan fingerprint density at radius 2 is 2.00 bits per heavy atom. The molecule has 2 aliphatic heterocycles. The molecule has 0 radical (unpaired) electrons. The van der Waals surface area contributed by atoms with Crippen LogP contribution in [0.15, 0.2) is 28.8 Å². The van der Waals surface area contributed by atoms with Gasteiger partial charge in [-0.25, -0.2) is 0 Å². The van der Waals surface area contributed by atoms with Gasteiger partial charge >= 0.3 is 0 Å². The van der Waals surface area contributed by atoms with Crippen molar-refractivity contribution in [3.05, 3.63) is 46.8 Å². The lowest BCUT2D eigenvalue weighted by Gasteiger charge is -2.49. The number of methoxy groups -OCH3 is 1. The van der Waals surface area contributed by atoms with Gasteiger partial charge in [-0.05, 0) is 64.3 Å². The molecule has 2 aromatic rings. The molecule has 1 unspecified atom stereocenters. The molecule has 8 heteroatoms. The lowest BCUT2D eigenvalue weighted by Crippen LogP contribution is -2.60. The maximum absolute atomic E-state index is 13.2. The molecular formula is C26H37N3O5. The van der Waals surface area contributed by atoms with Gasteiger partial charge in [0.1, 0.15) is 11.5 Å². The summed E-state index contributed by atoms with van der Waals surface area (Å²) in [7, 11) is 1.71. The van der Waals surface area contributed by atoms with Gasteiger partial charge in [-0.3, -0.25) is 9.69 Å². The van der Waals surface area contributed by atoms with Crippen LogP contribution < -0.4 is 4.74 Å². The number of hydrogen-bond acceptors (Lipinski definition) is 7. The number of amides is 1. The van der Waals surface area contributed by atoms with E-state index >= 15 is 0 Å². The smallest absolute Gasteiger partial charge is 0.253 e. The van der Waals surface area contributed by atoms with E-state index in [1.54, 1.807) is 7.11 Å². The number of carbonyl (C=O) groups is 1. The maximum Gasteiger partial charge on any atom is 0.253 e. The van der Waals surface area contributed by atoms with Crippen LogP contribution in [0.2, 0.25) is 0 Å². The summed E-state index contributed by atoms with van der Waals surface area (Å²) >= 11 is 0. The van der Waals surface area contributed by atoms with Gasteiger partial charge in [-0.2, -0.15) is 0 Å². The topological polar surface area (TPSA) is 77.3 Å². The molecule has 1 aromatic heterocycles. The van der Waals surface area contributed by atoms with Crippen molar-refractivity contribution in [2.45, 2.75) is 64.9 Å². The van der Waals surface area contributed by atoms with E-state index in [0.717, 1.165) is 55.2 Å². The number of nitrogens with zero attached hydrogens (tertiary/aromatic N) is 3. The van der Waals surface area contributed by atoms with Crippen molar-refractivity contribution in [1.82, 2.24) is 15.0 Å². The number of piperidine rings is 1. The molecule has 1 aromatic carbocycles. The minimum absolute atomic E-state index is 0.00912. The summed E-state index contributed by atoms with van der Waals surface area (Å²) < 4.78 is 23.1. The molecule has 186 valence electrons. The third-order valence-electron chi connectivity index (χ3n) is 6.55. The molecule has 3 heterocycles. The van der Waals surface area contributed by atoms with E-state index in [0.29, 0.717) is 25.3 Å². The summed E-state index contributed by atoms with van der Waals surface area (Å²) in [4.78, 5) is 17.5. The second-order valence-electron chi connectivity index (χ2n) is 9.92. The predicted molar refractivity (Wildman–Crippen MR) is 128 cm³/mol. The number of benzene rings is 1. The summed E-state index contributed by atoms with van der Waals surface area (Å²) in [5.74, 6) is 1.71. The Balaban J connectivity index is 1.41. The molecule has 0 aliphatic carbocycles. The predicted octanol–water partition coefficient (Wildman–Crippen LogP) is 3.60. The summed E-state index contributed by atoms with van der Waals surface area (Å²) in [6, 6.07) is 7.67. The standard InChI is InChI=1S/C26H37N3O5/c1-18(2)32-24-7-6-21(12-19(24)3)25(30)29-10-8-26(9-11-29)17-28(15-23(33-26)16-31-5)14-22-13-20(4)34-27-22/h6-7,12-13,18,23H,8-11,14-17H2,1-5H3. The maximum atomic E-state index is 13.2. The molecule has 2 fully saturated rings. The SMILES string of the molecule is COCC1CN(Cc2cc(C)on2)CC2(CCN(C(=O)c3ccc(OC(C)C)c(C)c3)CC2)O1. The average Bonchev–Trinajstić information content (AvgIpc) is 3.19. The third-order valence-corrected chi connectivity index (χ3v) is 6.55. The van der Waals surface area contributed by atoms with E-state index in [-0.39, 0.29) is 23.7 Å². The fourth-order valence-electron chi connectivity index (χ4n) is 5.05. The molecular weight excluding hydrogens is 434 g/mol. The van der Waals surface area contributed by atoms with Crippen LogP contribution in [0.3, 0.4) is 0 Å². The molecule has 2 saturated heterocycles. The minimum atomic E-state index is -0.290. The Morgan fingerprint density at radius 3 is 2.62 bits per heavy atom. The Labute approximate surface area is 202 Å². The van der Waals surface area contributed by atoms with Crippen LogP contribution in [0.4, 0.5) is 0 Å². The minimum Gasteiger partial charge on any atom is -0.491 e.